The molecule has 25 heavy (non-hydrogen) atoms. The van der Waals surface area contributed by atoms with Gasteiger partial charge in [-0.25, -0.2) is 13.2 Å². The molecular formula is C16H11Cl2F3N2O2. The third-order valence-electron chi connectivity index (χ3n) is 3.15. The van der Waals surface area contributed by atoms with Gasteiger partial charge in [-0.3, -0.25) is 9.59 Å². The Morgan fingerprint density at radius 2 is 1.44 bits per heavy atom. The van der Waals surface area contributed by atoms with Gasteiger partial charge in [-0.15, -0.1) is 0 Å². The van der Waals surface area contributed by atoms with Crippen molar-refractivity contribution in [3.05, 3.63) is 69.0 Å². The quantitative estimate of drug-likeness (QED) is 0.605. The molecule has 0 spiro atoms. The Bertz CT molecular complexity index is 831. The van der Waals surface area contributed by atoms with Gasteiger partial charge in [-0.2, -0.15) is 0 Å². The number of benzene rings is 2. The first kappa shape index (κ1) is 19.1. The molecule has 132 valence electrons. The van der Waals surface area contributed by atoms with Crippen LogP contribution in [0, 0.1) is 17.5 Å². The summed E-state index contributed by atoms with van der Waals surface area (Å²) in [5.41, 5.74) is -0.477. The molecule has 2 amide bonds. The van der Waals surface area contributed by atoms with E-state index in [1.807, 2.05) is 0 Å². The topological polar surface area (TPSA) is 58.2 Å². The predicted octanol–water partition coefficient (Wildman–Crippen LogP) is 3.57. The zero-order valence-corrected chi connectivity index (χ0v) is 14.0. The molecule has 0 fully saturated rings. The fourth-order valence-corrected chi connectivity index (χ4v) is 2.29. The van der Waals surface area contributed by atoms with E-state index in [1.54, 1.807) is 0 Å². The van der Waals surface area contributed by atoms with Crippen molar-refractivity contribution in [2.45, 2.75) is 0 Å². The number of carbonyl (C=O) groups excluding carboxylic acids is 2. The Labute approximate surface area is 150 Å². The normalized spacial score (nSPS) is 10.4. The zero-order chi connectivity index (χ0) is 18.6. The highest BCUT2D eigenvalue weighted by Crippen LogP contribution is 2.20. The third-order valence-corrected chi connectivity index (χ3v) is 3.71. The maximum absolute atomic E-state index is 13.5. The first-order valence-corrected chi connectivity index (χ1v) is 7.71. The van der Waals surface area contributed by atoms with Crippen molar-refractivity contribution in [3.8, 4) is 0 Å². The standard InChI is InChI=1S/C16H11Cl2F3N2O2/c17-8-1-3-11(18)10(7-8)16(25)23-6-5-22-15(24)9-2-4-12(19)14(21)13(9)20/h1-4,7H,5-6H2,(H,22,24)(H,23,25). The largest absolute Gasteiger partial charge is 0.350 e. The average molecular weight is 391 g/mol. The summed E-state index contributed by atoms with van der Waals surface area (Å²) in [7, 11) is 0. The Morgan fingerprint density at radius 1 is 0.840 bits per heavy atom. The Morgan fingerprint density at radius 3 is 2.08 bits per heavy atom. The van der Waals surface area contributed by atoms with E-state index in [0.717, 1.165) is 6.07 Å². The second-order valence-electron chi connectivity index (χ2n) is 4.86. The molecule has 0 aliphatic rings. The SMILES string of the molecule is O=C(NCCNC(=O)c1ccc(F)c(F)c1F)c1cc(Cl)ccc1Cl. The molecular weight excluding hydrogens is 380 g/mol. The lowest BCUT2D eigenvalue weighted by Crippen LogP contribution is -2.35. The average Bonchev–Trinajstić information content (AvgIpc) is 2.58. The summed E-state index contributed by atoms with van der Waals surface area (Å²) < 4.78 is 39.4. The van der Waals surface area contributed by atoms with Crippen LogP contribution in [-0.4, -0.2) is 24.9 Å². The van der Waals surface area contributed by atoms with E-state index in [0.29, 0.717) is 11.1 Å². The first-order chi connectivity index (χ1) is 11.8. The van der Waals surface area contributed by atoms with Gasteiger partial charge in [-0.05, 0) is 30.3 Å². The summed E-state index contributed by atoms with van der Waals surface area (Å²) in [6.07, 6.45) is 0. The molecule has 0 radical (unpaired) electrons. The minimum absolute atomic E-state index is 0.00128. The number of halogens is 5. The highest BCUT2D eigenvalue weighted by Gasteiger charge is 2.18. The molecule has 0 atom stereocenters. The predicted molar refractivity (Wildman–Crippen MR) is 87.4 cm³/mol. The molecule has 4 nitrogen and oxygen atoms in total. The lowest BCUT2D eigenvalue weighted by atomic mass is 10.2. The van der Waals surface area contributed by atoms with Crippen LogP contribution in [0.1, 0.15) is 20.7 Å². The molecule has 0 aliphatic heterocycles. The second-order valence-corrected chi connectivity index (χ2v) is 5.70. The first-order valence-electron chi connectivity index (χ1n) is 6.96. The van der Waals surface area contributed by atoms with Crippen LogP contribution in [0.25, 0.3) is 0 Å². The van der Waals surface area contributed by atoms with Crippen LogP contribution in [-0.2, 0) is 0 Å². The Kier molecular flexibility index (Phi) is 6.27. The van der Waals surface area contributed by atoms with Crippen molar-refractivity contribution in [2.75, 3.05) is 13.1 Å². The number of nitrogens with one attached hydrogen (secondary N) is 2. The van der Waals surface area contributed by atoms with Gasteiger partial charge in [0.1, 0.15) is 0 Å². The molecule has 0 saturated carbocycles. The van der Waals surface area contributed by atoms with E-state index < -0.39 is 34.8 Å². The molecule has 0 heterocycles. The summed E-state index contributed by atoms with van der Waals surface area (Å²) in [6, 6.07) is 5.85. The van der Waals surface area contributed by atoms with Gasteiger partial charge in [-0.1, -0.05) is 23.2 Å². The third kappa shape index (κ3) is 4.64. The van der Waals surface area contributed by atoms with E-state index in [2.05, 4.69) is 10.6 Å². The number of carbonyl (C=O) groups is 2. The monoisotopic (exact) mass is 390 g/mol. The van der Waals surface area contributed by atoms with Crippen LogP contribution in [0.15, 0.2) is 30.3 Å². The van der Waals surface area contributed by atoms with E-state index in [1.165, 1.54) is 18.2 Å². The molecule has 2 rings (SSSR count). The van der Waals surface area contributed by atoms with Crippen molar-refractivity contribution in [2.24, 2.45) is 0 Å². The van der Waals surface area contributed by atoms with Crippen LogP contribution >= 0.6 is 23.2 Å². The zero-order valence-electron chi connectivity index (χ0n) is 12.5. The number of hydrogen-bond donors (Lipinski definition) is 2. The van der Waals surface area contributed by atoms with Crippen molar-refractivity contribution >= 4 is 35.0 Å². The summed E-state index contributed by atoms with van der Waals surface area (Å²) in [5, 5.41) is 5.30. The fourth-order valence-electron chi connectivity index (χ4n) is 1.92. The minimum Gasteiger partial charge on any atom is -0.350 e. The minimum atomic E-state index is -1.73. The van der Waals surface area contributed by atoms with Gasteiger partial charge in [0.2, 0.25) is 0 Å². The van der Waals surface area contributed by atoms with Crippen LogP contribution < -0.4 is 10.6 Å². The summed E-state index contributed by atoms with van der Waals surface area (Å²) >= 11 is 11.7. The van der Waals surface area contributed by atoms with E-state index in [4.69, 9.17) is 23.2 Å². The van der Waals surface area contributed by atoms with E-state index in [-0.39, 0.29) is 23.7 Å². The van der Waals surface area contributed by atoms with Crippen LogP contribution in [0.2, 0.25) is 10.0 Å². The summed E-state index contributed by atoms with van der Waals surface area (Å²) in [4.78, 5) is 23.7. The van der Waals surface area contributed by atoms with Gasteiger partial charge in [0, 0.05) is 18.1 Å². The molecule has 0 unspecified atom stereocenters. The molecule has 2 N–H and O–H groups in total. The maximum Gasteiger partial charge on any atom is 0.254 e. The van der Waals surface area contributed by atoms with Crippen LogP contribution in [0.3, 0.4) is 0 Å². The molecule has 0 saturated heterocycles. The van der Waals surface area contributed by atoms with Crippen molar-refractivity contribution in [3.63, 3.8) is 0 Å². The van der Waals surface area contributed by atoms with Crippen LogP contribution in [0.5, 0.6) is 0 Å². The van der Waals surface area contributed by atoms with Gasteiger partial charge in [0.25, 0.3) is 11.8 Å². The van der Waals surface area contributed by atoms with Crippen LogP contribution in [0.4, 0.5) is 13.2 Å². The highest BCUT2D eigenvalue weighted by molar-refractivity contribution is 6.35. The highest BCUT2D eigenvalue weighted by atomic mass is 35.5. The lowest BCUT2D eigenvalue weighted by Gasteiger charge is -2.09. The van der Waals surface area contributed by atoms with Crippen molar-refractivity contribution < 1.29 is 22.8 Å². The fraction of sp³-hybridized carbons (Fsp3) is 0.125. The second kappa shape index (κ2) is 8.22. The molecule has 2 aromatic carbocycles. The Hall–Kier alpha value is -2.25. The van der Waals surface area contributed by atoms with Gasteiger partial charge in [0.15, 0.2) is 17.5 Å². The Balaban J connectivity index is 1.89. The smallest absolute Gasteiger partial charge is 0.254 e. The summed E-state index contributed by atoms with van der Waals surface area (Å²) in [6.45, 7) is -0.0695. The van der Waals surface area contributed by atoms with Gasteiger partial charge >= 0.3 is 0 Å². The van der Waals surface area contributed by atoms with E-state index >= 15 is 0 Å². The molecule has 0 aliphatic carbocycles. The molecule has 0 bridgehead atoms. The molecule has 9 heteroatoms. The van der Waals surface area contributed by atoms with E-state index in [9.17, 15) is 22.8 Å². The van der Waals surface area contributed by atoms with Gasteiger partial charge < -0.3 is 10.6 Å². The van der Waals surface area contributed by atoms with Crippen molar-refractivity contribution in [1.82, 2.24) is 10.6 Å². The van der Waals surface area contributed by atoms with Crippen molar-refractivity contribution in [1.29, 1.82) is 0 Å². The lowest BCUT2D eigenvalue weighted by molar-refractivity contribution is 0.0925. The summed E-state index contributed by atoms with van der Waals surface area (Å²) in [5.74, 6) is -6.14. The number of amides is 2. The number of hydrogen-bond acceptors (Lipinski definition) is 2. The molecule has 0 aromatic heterocycles. The van der Waals surface area contributed by atoms with Gasteiger partial charge in [0.05, 0.1) is 16.1 Å². The maximum atomic E-state index is 13.5. The molecule has 2 aromatic rings. The number of rotatable bonds is 5.